The maximum atomic E-state index is 12.8. The summed E-state index contributed by atoms with van der Waals surface area (Å²) < 4.78 is 38.4. The first-order chi connectivity index (χ1) is 13.7. The fourth-order valence-electron chi connectivity index (χ4n) is 3.65. The topological polar surface area (TPSA) is 56.2 Å². The minimum absolute atomic E-state index is 0.0246. The number of hydrogen-bond donors (Lipinski definition) is 2. The molecule has 1 aliphatic rings. The number of rotatable bonds is 6. The number of alkyl halides is 3. The van der Waals surface area contributed by atoms with Gasteiger partial charge in [-0.05, 0) is 35.4 Å². The van der Waals surface area contributed by atoms with Crippen LogP contribution in [0, 0.1) is 11.3 Å². The molecule has 0 saturated carbocycles. The predicted molar refractivity (Wildman–Crippen MR) is 108 cm³/mol. The van der Waals surface area contributed by atoms with Crippen LogP contribution >= 0.6 is 0 Å². The average molecular weight is 403 g/mol. The third-order valence-electron chi connectivity index (χ3n) is 5.37. The van der Waals surface area contributed by atoms with Crippen LogP contribution < -0.4 is 10.2 Å². The van der Waals surface area contributed by atoms with Gasteiger partial charge in [-0.15, -0.1) is 0 Å². The molecule has 2 aromatic rings. The van der Waals surface area contributed by atoms with E-state index in [0.717, 1.165) is 23.4 Å². The van der Waals surface area contributed by atoms with Crippen LogP contribution in [-0.2, 0) is 17.4 Å². The molecule has 0 aromatic heterocycles. The van der Waals surface area contributed by atoms with Gasteiger partial charge in [0.1, 0.15) is 0 Å². The number of anilines is 1. The first-order valence-corrected chi connectivity index (χ1v) is 9.42. The van der Waals surface area contributed by atoms with E-state index in [-0.39, 0.29) is 29.8 Å². The zero-order chi connectivity index (χ0) is 21.2. The van der Waals surface area contributed by atoms with E-state index in [4.69, 9.17) is 5.41 Å². The smallest absolute Gasteiger partial charge is 0.378 e. The molecule has 2 N–H and O–H groups in total. The summed E-state index contributed by atoms with van der Waals surface area (Å²) in [4.78, 5) is 14.6. The van der Waals surface area contributed by atoms with Crippen LogP contribution in [0.4, 0.5) is 18.9 Å². The Labute approximate surface area is 168 Å². The van der Waals surface area contributed by atoms with Crippen molar-refractivity contribution in [3.05, 3.63) is 65.2 Å². The number of carbonyl (C=O) groups excluding carboxylic acids is 1. The summed E-state index contributed by atoms with van der Waals surface area (Å²) >= 11 is 0. The highest BCUT2D eigenvalue weighted by molar-refractivity contribution is 6.40. The summed E-state index contributed by atoms with van der Waals surface area (Å²) in [6.45, 7) is 0.999. The van der Waals surface area contributed by atoms with Gasteiger partial charge in [0.05, 0.1) is 11.3 Å². The van der Waals surface area contributed by atoms with E-state index in [0.29, 0.717) is 18.7 Å². The Kier molecular flexibility index (Phi) is 6.07. The van der Waals surface area contributed by atoms with Gasteiger partial charge in [-0.2, -0.15) is 13.2 Å². The van der Waals surface area contributed by atoms with Gasteiger partial charge in [-0.1, -0.05) is 24.3 Å². The molecule has 0 aliphatic carbocycles. The van der Waals surface area contributed by atoms with Crippen molar-refractivity contribution >= 4 is 17.2 Å². The molecule has 154 valence electrons. The molecule has 1 saturated heterocycles. The van der Waals surface area contributed by atoms with E-state index >= 15 is 0 Å². The molecule has 0 bridgehead atoms. The lowest BCUT2D eigenvalue weighted by atomic mass is 9.83. The van der Waals surface area contributed by atoms with Crippen molar-refractivity contribution < 1.29 is 18.0 Å². The van der Waals surface area contributed by atoms with Gasteiger partial charge in [0.2, 0.25) is 0 Å². The molecule has 2 atom stereocenters. The zero-order valence-corrected chi connectivity index (χ0v) is 16.4. The van der Waals surface area contributed by atoms with E-state index < -0.39 is 11.7 Å². The number of hydrogen-bond acceptors (Lipinski definition) is 4. The Morgan fingerprint density at radius 1 is 1.07 bits per heavy atom. The Morgan fingerprint density at radius 3 is 2.24 bits per heavy atom. The predicted octanol–water partition coefficient (Wildman–Crippen LogP) is 3.91. The highest BCUT2D eigenvalue weighted by Gasteiger charge is 2.35. The number of ketones is 1. The van der Waals surface area contributed by atoms with Crippen molar-refractivity contribution in [1.82, 2.24) is 5.32 Å². The van der Waals surface area contributed by atoms with Crippen LogP contribution in [0.3, 0.4) is 0 Å². The van der Waals surface area contributed by atoms with Crippen LogP contribution in [0.25, 0.3) is 0 Å². The van der Waals surface area contributed by atoms with E-state index in [2.05, 4.69) is 5.32 Å². The minimum atomic E-state index is -4.38. The van der Waals surface area contributed by atoms with Crippen molar-refractivity contribution in [3.63, 3.8) is 0 Å². The highest BCUT2D eigenvalue weighted by Crippen LogP contribution is 2.33. The molecule has 0 unspecified atom stereocenters. The molecule has 3 rings (SSSR count). The molecule has 2 aromatic carbocycles. The third kappa shape index (κ3) is 4.85. The van der Waals surface area contributed by atoms with Gasteiger partial charge in [0.15, 0.2) is 5.78 Å². The van der Waals surface area contributed by atoms with Crippen LogP contribution in [-0.4, -0.2) is 38.7 Å². The Hall–Kier alpha value is -2.67. The highest BCUT2D eigenvalue weighted by atomic mass is 19.4. The number of nitrogens with one attached hydrogen (secondary N) is 2. The molecule has 4 nitrogen and oxygen atoms in total. The van der Waals surface area contributed by atoms with Crippen molar-refractivity contribution in [3.8, 4) is 0 Å². The van der Waals surface area contributed by atoms with Crippen molar-refractivity contribution in [2.45, 2.75) is 18.5 Å². The number of nitrogens with zero attached hydrogens (tertiary/aromatic N) is 1. The second-order valence-electron chi connectivity index (χ2n) is 7.57. The second kappa shape index (κ2) is 8.37. The Balaban J connectivity index is 1.69. The zero-order valence-electron chi connectivity index (χ0n) is 16.4. The molecule has 0 spiro atoms. The van der Waals surface area contributed by atoms with E-state index in [1.807, 2.05) is 43.3 Å². The fourth-order valence-corrected chi connectivity index (χ4v) is 3.65. The molecule has 1 heterocycles. The first kappa shape index (κ1) is 21.0. The summed E-state index contributed by atoms with van der Waals surface area (Å²) in [6, 6.07) is 12.6. The number of carbonyl (C=O) groups is 1. The molecule has 1 fully saturated rings. The van der Waals surface area contributed by atoms with Gasteiger partial charge >= 0.3 is 6.18 Å². The lowest BCUT2D eigenvalue weighted by Gasteiger charge is -2.20. The second-order valence-corrected chi connectivity index (χ2v) is 7.57. The average Bonchev–Trinajstić information content (AvgIpc) is 3.17. The molecule has 1 aliphatic heterocycles. The Bertz CT molecular complexity index is 874. The lowest BCUT2D eigenvalue weighted by molar-refractivity contribution is -0.137. The number of Topliss-reactive ketones (excluding diaryl/α,β-unsaturated/α-hetero) is 1. The molecule has 0 radical (unpaired) electrons. The largest absolute Gasteiger partial charge is 0.416 e. The maximum Gasteiger partial charge on any atom is 0.416 e. The Morgan fingerprint density at radius 2 is 1.69 bits per heavy atom. The van der Waals surface area contributed by atoms with Crippen LogP contribution in [0.15, 0.2) is 48.5 Å². The molecule has 0 amide bonds. The molecular weight excluding hydrogens is 379 g/mol. The normalized spacial score (nSPS) is 19.2. The standard InChI is InChI=1S/C22H24F3N3O/c1-28(2)17-9-3-14(4-10-17)11-20(29)21(26)19-13-27-12-18(19)15-5-7-16(8-6-15)22(23,24)25/h3-10,18-19,26-27H,11-13H2,1-2H3/t18-,19+/m0/s1. The summed E-state index contributed by atoms with van der Waals surface area (Å²) in [5, 5.41) is 11.6. The van der Waals surface area contributed by atoms with Crippen molar-refractivity contribution in [2.24, 2.45) is 5.92 Å². The van der Waals surface area contributed by atoms with E-state index in [1.165, 1.54) is 12.1 Å². The molecule has 29 heavy (non-hydrogen) atoms. The summed E-state index contributed by atoms with van der Waals surface area (Å²) in [5.74, 6) is -0.793. The van der Waals surface area contributed by atoms with Crippen molar-refractivity contribution in [1.29, 1.82) is 5.41 Å². The monoisotopic (exact) mass is 403 g/mol. The minimum Gasteiger partial charge on any atom is -0.378 e. The third-order valence-corrected chi connectivity index (χ3v) is 5.37. The number of halogens is 3. The van der Waals surface area contributed by atoms with Gasteiger partial charge in [0.25, 0.3) is 0 Å². The SMILES string of the molecule is CN(C)c1ccc(CC(=O)C(=N)[C@@H]2CNC[C@H]2c2ccc(C(F)(F)F)cc2)cc1. The lowest BCUT2D eigenvalue weighted by Crippen LogP contribution is -2.29. The maximum absolute atomic E-state index is 12.8. The van der Waals surface area contributed by atoms with Crippen LogP contribution in [0.5, 0.6) is 0 Å². The van der Waals surface area contributed by atoms with Gasteiger partial charge < -0.3 is 15.6 Å². The first-order valence-electron chi connectivity index (χ1n) is 9.42. The quantitative estimate of drug-likeness (QED) is 0.719. The van der Waals surface area contributed by atoms with Gasteiger partial charge in [0, 0.05) is 51.1 Å². The summed E-state index contributed by atoms with van der Waals surface area (Å²) in [5.41, 5.74) is 1.90. The van der Waals surface area contributed by atoms with Crippen molar-refractivity contribution in [2.75, 3.05) is 32.1 Å². The molecule has 7 heteroatoms. The summed E-state index contributed by atoms with van der Waals surface area (Å²) in [6.07, 6.45) is -4.24. The summed E-state index contributed by atoms with van der Waals surface area (Å²) in [7, 11) is 3.87. The van der Waals surface area contributed by atoms with Crippen LogP contribution in [0.2, 0.25) is 0 Å². The van der Waals surface area contributed by atoms with Crippen LogP contribution in [0.1, 0.15) is 22.6 Å². The fraction of sp³-hybridized carbons (Fsp3) is 0.364. The van der Waals surface area contributed by atoms with E-state index in [9.17, 15) is 18.0 Å². The van der Waals surface area contributed by atoms with E-state index in [1.54, 1.807) is 0 Å². The number of benzene rings is 2. The van der Waals surface area contributed by atoms with Gasteiger partial charge in [-0.3, -0.25) is 4.79 Å². The van der Waals surface area contributed by atoms with Gasteiger partial charge in [-0.25, -0.2) is 0 Å². The molecular formula is C22H24F3N3O.